The lowest BCUT2D eigenvalue weighted by molar-refractivity contribution is 0.357. The van der Waals surface area contributed by atoms with Crippen LogP contribution in [-0.4, -0.2) is 57.6 Å². The van der Waals surface area contributed by atoms with Gasteiger partial charge < -0.3 is 4.90 Å². The largest absolute Gasteiger partial charge is 0.309 e. The van der Waals surface area contributed by atoms with Gasteiger partial charge in [-0.2, -0.15) is 0 Å². The molecule has 0 atom stereocenters. The van der Waals surface area contributed by atoms with Crippen molar-refractivity contribution in [2.45, 2.75) is 13.3 Å². The van der Waals surface area contributed by atoms with E-state index in [0.29, 0.717) is 13.1 Å². The fourth-order valence-electron chi connectivity index (χ4n) is 1.12. The Bertz CT molecular complexity index is 224. The number of hydrogen-bond donors (Lipinski definition) is 0. The summed E-state index contributed by atoms with van der Waals surface area (Å²) in [4.78, 5) is 2.05. The van der Waals surface area contributed by atoms with Gasteiger partial charge in [0.2, 0.25) is 10.0 Å². The second-order valence-corrected chi connectivity index (χ2v) is 5.39. The van der Waals surface area contributed by atoms with Crippen molar-refractivity contribution in [3.8, 4) is 0 Å². The van der Waals surface area contributed by atoms with E-state index >= 15 is 0 Å². The fraction of sp³-hybridized carbons (Fsp3) is 1.00. The molecule has 0 spiro atoms. The van der Waals surface area contributed by atoms with Gasteiger partial charge in [-0.3, -0.25) is 0 Å². The van der Waals surface area contributed by atoms with Gasteiger partial charge >= 0.3 is 0 Å². The molecule has 80 valence electrons. The zero-order valence-electron chi connectivity index (χ0n) is 8.95. The van der Waals surface area contributed by atoms with Gasteiger partial charge in [-0.1, -0.05) is 6.92 Å². The molecule has 0 N–H and O–H groups in total. The Kier molecular flexibility index (Phi) is 5.51. The summed E-state index contributed by atoms with van der Waals surface area (Å²) in [7, 11) is 0.968. The molecule has 0 radical (unpaired) electrons. The molecule has 0 aliphatic rings. The molecule has 0 fully saturated rings. The molecule has 0 saturated carbocycles. The van der Waals surface area contributed by atoms with Crippen molar-refractivity contribution in [2.75, 3.05) is 40.0 Å². The first-order valence-corrected chi connectivity index (χ1v) is 6.32. The van der Waals surface area contributed by atoms with Crippen LogP contribution in [0.15, 0.2) is 0 Å². The van der Waals surface area contributed by atoms with E-state index < -0.39 is 10.0 Å². The standard InChI is InChI=1S/C8H20N2O2S/c1-5-10(13(4,11)12)8-6-7-9(2)3/h5-8H2,1-4H3. The average molecular weight is 208 g/mol. The lowest BCUT2D eigenvalue weighted by atomic mass is 10.4. The third kappa shape index (κ3) is 6.01. The molecule has 0 heterocycles. The van der Waals surface area contributed by atoms with Crippen molar-refractivity contribution in [1.82, 2.24) is 9.21 Å². The number of sulfonamides is 1. The maximum absolute atomic E-state index is 11.2. The molecule has 0 aromatic heterocycles. The molecule has 0 amide bonds. The lowest BCUT2D eigenvalue weighted by Gasteiger charge is -2.18. The Labute approximate surface area is 81.6 Å². The minimum Gasteiger partial charge on any atom is -0.309 e. The van der Waals surface area contributed by atoms with E-state index in [1.54, 1.807) is 0 Å². The van der Waals surface area contributed by atoms with Crippen LogP contribution in [0.25, 0.3) is 0 Å². The van der Waals surface area contributed by atoms with Crippen LogP contribution in [0.2, 0.25) is 0 Å². The monoisotopic (exact) mass is 208 g/mol. The number of rotatable bonds is 6. The quantitative estimate of drug-likeness (QED) is 0.627. The summed E-state index contributed by atoms with van der Waals surface area (Å²) in [6.45, 7) is 3.96. The van der Waals surface area contributed by atoms with Gasteiger partial charge in [-0.15, -0.1) is 0 Å². The lowest BCUT2D eigenvalue weighted by Crippen LogP contribution is -2.32. The minimum absolute atomic E-state index is 0.562. The van der Waals surface area contributed by atoms with Crippen molar-refractivity contribution < 1.29 is 8.42 Å². The topological polar surface area (TPSA) is 40.6 Å². The van der Waals surface area contributed by atoms with Gasteiger partial charge in [0.1, 0.15) is 0 Å². The maximum atomic E-state index is 11.2. The Balaban J connectivity index is 3.88. The molecule has 4 nitrogen and oxygen atoms in total. The van der Waals surface area contributed by atoms with Gasteiger partial charge in [0.25, 0.3) is 0 Å². The van der Waals surface area contributed by atoms with Crippen LogP contribution in [0.5, 0.6) is 0 Å². The van der Waals surface area contributed by atoms with Crippen LogP contribution in [0.3, 0.4) is 0 Å². The first kappa shape index (κ1) is 12.9. The highest BCUT2D eigenvalue weighted by atomic mass is 32.2. The highest BCUT2D eigenvalue weighted by Gasteiger charge is 2.12. The van der Waals surface area contributed by atoms with E-state index in [2.05, 4.69) is 4.90 Å². The average Bonchev–Trinajstić information content (AvgIpc) is 1.95. The number of nitrogens with zero attached hydrogens (tertiary/aromatic N) is 2. The Hall–Kier alpha value is -0.130. The molecule has 0 aliphatic carbocycles. The van der Waals surface area contributed by atoms with Gasteiger partial charge in [-0.05, 0) is 27.1 Å². The van der Waals surface area contributed by atoms with Crippen LogP contribution in [0.1, 0.15) is 13.3 Å². The third-order valence-corrected chi connectivity index (χ3v) is 3.21. The zero-order chi connectivity index (χ0) is 10.5. The molecule has 0 saturated heterocycles. The Morgan fingerprint density at radius 1 is 1.15 bits per heavy atom. The summed E-state index contributed by atoms with van der Waals surface area (Å²) in [6, 6.07) is 0. The van der Waals surface area contributed by atoms with Crippen molar-refractivity contribution >= 4 is 10.0 Å². The van der Waals surface area contributed by atoms with E-state index in [4.69, 9.17) is 0 Å². The second kappa shape index (κ2) is 5.57. The number of hydrogen-bond acceptors (Lipinski definition) is 3. The van der Waals surface area contributed by atoms with Gasteiger partial charge in [0.15, 0.2) is 0 Å². The van der Waals surface area contributed by atoms with E-state index in [1.807, 2.05) is 21.0 Å². The third-order valence-electron chi connectivity index (χ3n) is 1.83. The van der Waals surface area contributed by atoms with Crippen molar-refractivity contribution in [3.63, 3.8) is 0 Å². The molecule has 13 heavy (non-hydrogen) atoms. The van der Waals surface area contributed by atoms with E-state index in [1.165, 1.54) is 10.6 Å². The minimum atomic E-state index is -3.00. The Morgan fingerprint density at radius 3 is 2.00 bits per heavy atom. The molecule has 0 aromatic carbocycles. The summed E-state index contributed by atoms with van der Waals surface area (Å²) < 4.78 is 23.8. The first-order chi connectivity index (χ1) is 5.88. The molecule has 0 bridgehead atoms. The zero-order valence-corrected chi connectivity index (χ0v) is 9.76. The molecular formula is C8H20N2O2S. The van der Waals surface area contributed by atoms with Crippen molar-refractivity contribution in [2.24, 2.45) is 0 Å². The van der Waals surface area contributed by atoms with E-state index in [9.17, 15) is 8.42 Å². The smallest absolute Gasteiger partial charge is 0.211 e. The van der Waals surface area contributed by atoms with E-state index in [0.717, 1.165) is 13.0 Å². The van der Waals surface area contributed by atoms with Crippen LogP contribution < -0.4 is 0 Å². The second-order valence-electron chi connectivity index (χ2n) is 3.41. The van der Waals surface area contributed by atoms with E-state index in [-0.39, 0.29) is 0 Å². The molecule has 0 unspecified atom stereocenters. The van der Waals surface area contributed by atoms with Crippen LogP contribution >= 0.6 is 0 Å². The molecule has 5 heteroatoms. The van der Waals surface area contributed by atoms with Crippen LogP contribution in [0, 0.1) is 0 Å². The van der Waals surface area contributed by atoms with Gasteiger partial charge in [0.05, 0.1) is 6.26 Å². The highest BCUT2D eigenvalue weighted by Crippen LogP contribution is 1.98. The predicted octanol–water partition coefficient (Wildman–Crippen LogP) is 0.220. The molecule has 0 aliphatic heterocycles. The Morgan fingerprint density at radius 2 is 1.69 bits per heavy atom. The molecule has 0 rings (SSSR count). The summed E-state index contributed by atoms with van der Waals surface area (Å²) in [5.74, 6) is 0. The fourth-order valence-corrected chi connectivity index (χ4v) is 2.05. The summed E-state index contributed by atoms with van der Waals surface area (Å²) in [6.07, 6.45) is 2.14. The van der Waals surface area contributed by atoms with Crippen LogP contribution in [0.4, 0.5) is 0 Å². The normalized spacial score (nSPS) is 12.8. The maximum Gasteiger partial charge on any atom is 0.211 e. The van der Waals surface area contributed by atoms with Crippen molar-refractivity contribution in [1.29, 1.82) is 0 Å². The summed E-state index contributed by atoms with van der Waals surface area (Å²) in [5, 5.41) is 0. The van der Waals surface area contributed by atoms with Gasteiger partial charge in [-0.25, -0.2) is 12.7 Å². The predicted molar refractivity (Wildman–Crippen MR) is 55.3 cm³/mol. The first-order valence-electron chi connectivity index (χ1n) is 4.47. The highest BCUT2D eigenvalue weighted by molar-refractivity contribution is 7.88. The van der Waals surface area contributed by atoms with Crippen LogP contribution in [-0.2, 0) is 10.0 Å². The van der Waals surface area contributed by atoms with Crippen molar-refractivity contribution in [3.05, 3.63) is 0 Å². The van der Waals surface area contributed by atoms with Gasteiger partial charge in [0, 0.05) is 13.1 Å². The SMILES string of the molecule is CCN(CCCN(C)C)S(C)(=O)=O. The molecule has 0 aromatic rings. The summed E-state index contributed by atoms with van der Waals surface area (Å²) in [5.41, 5.74) is 0. The summed E-state index contributed by atoms with van der Waals surface area (Å²) >= 11 is 0. The molecular weight excluding hydrogens is 188 g/mol.